The zero-order valence-electron chi connectivity index (χ0n) is 15.8. The summed E-state index contributed by atoms with van der Waals surface area (Å²) in [5.74, 6) is -0.517. The molecule has 1 atom stereocenters. The molecule has 3 aromatic rings. The topological polar surface area (TPSA) is 77.5 Å². The number of esters is 1. The fourth-order valence-electron chi connectivity index (χ4n) is 2.52. The molecular weight excluding hydrogens is 376 g/mol. The number of ether oxygens (including phenoxy) is 2. The number of hydrogen-bond acceptors (Lipinski definition) is 6. The van der Waals surface area contributed by atoms with E-state index in [1.54, 1.807) is 18.2 Å². The highest BCUT2D eigenvalue weighted by atomic mass is 32.1. The van der Waals surface area contributed by atoms with Gasteiger partial charge in [-0.15, -0.1) is 11.3 Å². The summed E-state index contributed by atoms with van der Waals surface area (Å²) in [6.45, 7) is 3.42. The van der Waals surface area contributed by atoms with Gasteiger partial charge in [0.1, 0.15) is 10.8 Å². The van der Waals surface area contributed by atoms with Crippen LogP contribution in [0.5, 0.6) is 5.75 Å². The first-order chi connectivity index (χ1) is 13.5. The number of aryl methyl sites for hydroxylation is 1. The third-order valence-corrected chi connectivity index (χ3v) is 4.95. The summed E-state index contributed by atoms with van der Waals surface area (Å²) in [6.07, 6.45) is 1.90. The number of para-hydroxylation sites is 1. The first-order valence-corrected chi connectivity index (χ1v) is 9.47. The van der Waals surface area contributed by atoms with Crippen molar-refractivity contribution in [1.29, 1.82) is 0 Å². The molecule has 28 heavy (non-hydrogen) atoms. The van der Waals surface area contributed by atoms with E-state index in [0.29, 0.717) is 16.4 Å². The van der Waals surface area contributed by atoms with Crippen molar-refractivity contribution in [3.8, 4) is 5.75 Å². The molecule has 144 valence electrons. The van der Waals surface area contributed by atoms with Crippen LogP contribution in [0.1, 0.15) is 17.5 Å². The lowest BCUT2D eigenvalue weighted by atomic mass is 10.2. The molecule has 1 heterocycles. The zero-order valence-corrected chi connectivity index (χ0v) is 16.6. The van der Waals surface area contributed by atoms with Crippen molar-refractivity contribution in [2.24, 2.45) is 0 Å². The summed E-state index contributed by atoms with van der Waals surface area (Å²) in [5, 5.41) is 3.42. The minimum absolute atomic E-state index is 0.439. The molecule has 0 bridgehead atoms. The van der Waals surface area contributed by atoms with Crippen LogP contribution in [-0.4, -0.2) is 30.1 Å². The van der Waals surface area contributed by atoms with Crippen molar-refractivity contribution in [2.75, 3.05) is 12.4 Å². The summed E-state index contributed by atoms with van der Waals surface area (Å²) in [6, 6.07) is 13.2. The minimum atomic E-state index is -0.960. The molecule has 0 saturated carbocycles. The van der Waals surface area contributed by atoms with Gasteiger partial charge in [0.25, 0.3) is 5.91 Å². The molecule has 0 unspecified atom stereocenters. The fraction of sp³-hybridized carbons (Fsp3) is 0.190. The van der Waals surface area contributed by atoms with E-state index >= 15 is 0 Å². The predicted octanol–water partition coefficient (Wildman–Crippen LogP) is 4.20. The Morgan fingerprint density at radius 2 is 2.00 bits per heavy atom. The van der Waals surface area contributed by atoms with E-state index in [2.05, 4.69) is 10.3 Å². The standard InChI is InChI=1S/C21H20N2O4S/c1-13-8-9-17(26-3)16(12-13)23-21(25)14(2)27-20(24)11-10-19-22-15-6-4-5-7-18(15)28-19/h4-12,14H,1-3H3,(H,23,25)/b11-10+/t14-/m1/s1. The molecule has 6 nitrogen and oxygen atoms in total. The van der Waals surface area contributed by atoms with Gasteiger partial charge in [-0.25, -0.2) is 9.78 Å². The summed E-state index contributed by atoms with van der Waals surface area (Å²) in [5.41, 5.74) is 2.38. The first-order valence-electron chi connectivity index (χ1n) is 8.66. The van der Waals surface area contributed by atoms with Crippen LogP contribution in [0.3, 0.4) is 0 Å². The van der Waals surface area contributed by atoms with Crippen LogP contribution in [0.25, 0.3) is 16.3 Å². The molecule has 0 spiro atoms. The number of carbonyl (C=O) groups is 2. The van der Waals surface area contributed by atoms with Gasteiger partial charge in [-0.1, -0.05) is 18.2 Å². The Bertz CT molecular complexity index is 1010. The van der Waals surface area contributed by atoms with E-state index < -0.39 is 18.0 Å². The average Bonchev–Trinajstić information content (AvgIpc) is 3.09. The van der Waals surface area contributed by atoms with Crippen molar-refractivity contribution in [2.45, 2.75) is 20.0 Å². The molecule has 0 aliphatic rings. The Hall–Kier alpha value is -3.19. The van der Waals surface area contributed by atoms with Gasteiger partial charge in [-0.2, -0.15) is 0 Å². The zero-order chi connectivity index (χ0) is 20.1. The average molecular weight is 396 g/mol. The third-order valence-electron chi connectivity index (χ3n) is 3.95. The second-order valence-corrected chi connectivity index (χ2v) is 7.19. The monoisotopic (exact) mass is 396 g/mol. The molecule has 0 aliphatic heterocycles. The maximum atomic E-state index is 12.3. The number of hydrogen-bond donors (Lipinski definition) is 1. The summed E-state index contributed by atoms with van der Waals surface area (Å²) >= 11 is 1.47. The number of nitrogens with zero attached hydrogens (tertiary/aromatic N) is 1. The molecule has 0 radical (unpaired) electrons. The van der Waals surface area contributed by atoms with Gasteiger partial charge in [0.2, 0.25) is 0 Å². The van der Waals surface area contributed by atoms with Crippen LogP contribution in [0.2, 0.25) is 0 Å². The van der Waals surface area contributed by atoms with E-state index in [0.717, 1.165) is 15.8 Å². The van der Waals surface area contributed by atoms with E-state index in [9.17, 15) is 9.59 Å². The Labute approximate surface area is 166 Å². The Morgan fingerprint density at radius 3 is 2.75 bits per heavy atom. The number of nitrogens with one attached hydrogen (secondary N) is 1. The fourth-order valence-corrected chi connectivity index (χ4v) is 3.39. The van der Waals surface area contributed by atoms with Crippen LogP contribution in [0.4, 0.5) is 5.69 Å². The number of carbonyl (C=O) groups excluding carboxylic acids is 2. The molecule has 3 rings (SSSR count). The van der Waals surface area contributed by atoms with Gasteiger partial charge >= 0.3 is 5.97 Å². The number of aromatic nitrogens is 1. The number of thiazole rings is 1. The molecule has 0 aliphatic carbocycles. The van der Waals surface area contributed by atoms with Gasteiger partial charge in [0.15, 0.2) is 6.10 Å². The van der Waals surface area contributed by atoms with Crippen molar-refractivity contribution < 1.29 is 19.1 Å². The van der Waals surface area contributed by atoms with Gasteiger partial charge < -0.3 is 14.8 Å². The Morgan fingerprint density at radius 1 is 1.21 bits per heavy atom. The Balaban J connectivity index is 1.60. The highest BCUT2D eigenvalue weighted by Gasteiger charge is 2.18. The highest BCUT2D eigenvalue weighted by molar-refractivity contribution is 7.19. The van der Waals surface area contributed by atoms with Crippen LogP contribution in [-0.2, 0) is 14.3 Å². The summed E-state index contributed by atoms with van der Waals surface area (Å²) < 4.78 is 11.5. The Kier molecular flexibility index (Phi) is 6.06. The van der Waals surface area contributed by atoms with Gasteiger partial charge in [0.05, 0.1) is 23.0 Å². The lowest BCUT2D eigenvalue weighted by Crippen LogP contribution is -2.29. The van der Waals surface area contributed by atoms with Gasteiger partial charge in [-0.05, 0) is 49.8 Å². The highest BCUT2D eigenvalue weighted by Crippen LogP contribution is 2.25. The van der Waals surface area contributed by atoms with Crippen LogP contribution in [0.15, 0.2) is 48.5 Å². The lowest BCUT2D eigenvalue weighted by Gasteiger charge is -2.15. The normalized spacial score (nSPS) is 12.1. The van der Waals surface area contributed by atoms with Crippen molar-refractivity contribution in [3.63, 3.8) is 0 Å². The van der Waals surface area contributed by atoms with E-state index in [-0.39, 0.29) is 0 Å². The number of fused-ring (bicyclic) bond motifs is 1. The van der Waals surface area contributed by atoms with Crippen molar-refractivity contribution >= 4 is 45.2 Å². The molecule has 1 N–H and O–H groups in total. The number of benzene rings is 2. The number of methoxy groups -OCH3 is 1. The summed E-state index contributed by atoms with van der Waals surface area (Å²) in [7, 11) is 1.52. The molecule has 0 fully saturated rings. The number of anilines is 1. The largest absolute Gasteiger partial charge is 0.495 e. The number of rotatable bonds is 6. The SMILES string of the molecule is COc1ccc(C)cc1NC(=O)[C@@H](C)OC(=O)/C=C/c1nc2ccccc2s1. The van der Waals surface area contributed by atoms with E-state index in [4.69, 9.17) is 9.47 Å². The molecule has 7 heteroatoms. The first kappa shape index (κ1) is 19.6. The van der Waals surface area contributed by atoms with Gasteiger partial charge in [0, 0.05) is 6.08 Å². The van der Waals surface area contributed by atoms with Crippen molar-refractivity contribution in [3.05, 3.63) is 59.1 Å². The minimum Gasteiger partial charge on any atom is -0.495 e. The molecular formula is C21H20N2O4S. The van der Waals surface area contributed by atoms with E-state index in [1.165, 1.54) is 31.4 Å². The lowest BCUT2D eigenvalue weighted by molar-refractivity contribution is -0.148. The van der Waals surface area contributed by atoms with Crippen LogP contribution < -0.4 is 10.1 Å². The van der Waals surface area contributed by atoms with Crippen LogP contribution in [0, 0.1) is 6.92 Å². The molecule has 1 aromatic heterocycles. The summed E-state index contributed by atoms with van der Waals surface area (Å²) in [4.78, 5) is 28.8. The second-order valence-electron chi connectivity index (χ2n) is 6.13. The third kappa shape index (κ3) is 4.75. The van der Waals surface area contributed by atoms with Crippen LogP contribution >= 0.6 is 11.3 Å². The predicted molar refractivity (Wildman–Crippen MR) is 111 cm³/mol. The van der Waals surface area contributed by atoms with E-state index in [1.807, 2.05) is 37.3 Å². The smallest absolute Gasteiger partial charge is 0.331 e. The number of amides is 1. The molecule has 0 saturated heterocycles. The van der Waals surface area contributed by atoms with Crippen molar-refractivity contribution in [1.82, 2.24) is 4.98 Å². The van der Waals surface area contributed by atoms with Gasteiger partial charge in [-0.3, -0.25) is 4.79 Å². The molecule has 2 aromatic carbocycles. The molecule has 1 amide bonds. The quantitative estimate of drug-likeness (QED) is 0.499. The maximum absolute atomic E-state index is 12.3. The maximum Gasteiger partial charge on any atom is 0.331 e. The second kappa shape index (κ2) is 8.67.